The van der Waals surface area contributed by atoms with Gasteiger partial charge in [-0.25, -0.2) is 0 Å². The van der Waals surface area contributed by atoms with Gasteiger partial charge in [-0.05, 0) is 0 Å². The van der Waals surface area contributed by atoms with Gasteiger partial charge in [-0.2, -0.15) is 0 Å². The summed E-state index contributed by atoms with van der Waals surface area (Å²) in [6.07, 6.45) is 2.28. The average Bonchev–Trinajstić information content (AvgIpc) is 3.26. The van der Waals surface area contributed by atoms with E-state index in [0.717, 1.165) is 17.6 Å². The van der Waals surface area contributed by atoms with E-state index in [0.29, 0.717) is 0 Å². The van der Waals surface area contributed by atoms with Crippen LogP contribution in [0.25, 0.3) is 0 Å². The Kier molecular flexibility index (Phi) is 891. The third-order valence-electron chi connectivity index (χ3n) is 0.776. The van der Waals surface area contributed by atoms with Gasteiger partial charge in [-0.3, -0.25) is 0 Å². The Morgan fingerprint density at radius 3 is 0.800 bits per heavy atom. The molecule has 1 aliphatic heterocycles. The van der Waals surface area contributed by atoms with Crippen LogP contribution < -0.4 is 0 Å². The van der Waals surface area contributed by atoms with Crippen LogP contribution in [0.3, 0.4) is 0 Å². The van der Waals surface area contributed by atoms with Crippen LogP contribution in [0, 0.1) is 59.9 Å². The van der Waals surface area contributed by atoms with E-state index in [4.69, 9.17) is 46.6 Å². The second-order valence-corrected chi connectivity index (χ2v) is 1.97. The second kappa shape index (κ2) is 342. The quantitative estimate of drug-likeness (QED) is 0.294. The maximum absolute atomic E-state index is 7.50. The van der Waals surface area contributed by atoms with Crippen molar-refractivity contribution in [1.82, 2.24) is 0 Å². The van der Waals surface area contributed by atoms with Crippen molar-refractivity contribution in [3.8, 4) is 0 Å². The summed E-state index contributed by atoms with van der Waals surface area (Å²) in [6.45, 7) is 41.4. The zero-order valence-corrected chi connectivity index (χ0v) is 14.3. The van der Waals surface area contributed by atoms with Crippen molar-refractivity contribution >= 4 is 4.60 Å². The van der Waals surface area contributed by atoms with E-state index in [1.807, 2.05) is 0 Å². The molecule has 0 saturated carbocycles. The van der Waals surface area contributed by atoms with Crippen molar-refractivity contribution in [2.75, 3.05) is 6.61 Å². The van der Waals surface area contributed by atoms with Gasteiger partial charge < -0.3 is 0 Å². The van der Waals surface area contributed by atoms with Crippen LogP contribution in [-0.4, -0.2) is 11.2 Å². The van der Waals surface area contributed by atoms with Gasteiger partial charge in [0.2, 0.25) is 0 Å². The van der Waals surface area contributed by atoms with E-state index in [1.165, 1.54) is 6.42 Å². The Balaban J connectivity index is -0.0000000133. The van der Waals surface area contributed by atoms with Crippen LogP contribution >= 0.6 is 0 Å². The molecule has 0 bridgehead atoms. The third kappa shape index (κ3) is 311. The molecule has 25 heavy (non-hydrogen) atoms. The average molecular weight is 432 g/mol. The van der Waals surface area contributed by atoms with Crippen LogP contribution in [0.15, 0.2) is 0 Å². The molecule has 1 radical (unpaired) electrons. The van der Waals surface area contributed by atoms with Crippen LogP contribution in [0.1, 0.15) is 12.8 Å². The molecule has 1 aliphatic rings. The summed E-state index contributed by atoms with van der Waals surface area (Å²) in [4.78, 5) is 0. The molecule has 0 aromatic rings. The molecule has 10 nitrogen and oxygen atoms in total. The van der Waals surface area contributed by atoms with Gasteiger partial charge in [0, 0.05) is 17.1 Å². The summed E-state index contributed by atoms with van der Waals surface area (Å²) in [6, 6.07) is 0. The number of rotatable bonds is 0. The number of hydrogen-bond acceptors (Lipinski definition) is 1. The molecule has 0 aromatic carbocycles. The molecule has 0 spiro atoms. The standard InChI is InChI=1S/C4H6O.9CO.2Mn/c1-2-4-5-3-1;9*1-2;;/h1-3H2;;;;;;;;;;;. The van der Waals surface area contributed by atoms with Crippen molar-refractivity contribution in [1.29, 1.82) is 0 Å². The van der Waals surface area contributed by atoms with E-state index < -0.39 is 0 Å². The molecule has 12 heteroatoms. The van der Waals surface area contributed by atoms with Crippen LogP contribution in [0.4, 0.5) is 0 Å². The minimum absolute atomic E-state index is 0. The Labute approximate surface area is 163 Å². The molecule has 0 aliphatic carbocycles. The molecule has 1 heterocycles. The Bertz CT molecular complexity index is 278. The SMILES string of the molecule is [C-]#[O+].[C-]#[O+].[C-]#[O+].[C-]#[O+].[C-]#[O+].[C-]#[O+].[C-]#[O+].[C-]#[O+].[C-]#[O+].[Mn].[Mn]=[C]1CCCO1. The van der Waals surface area contributed by atoms with Crippen molar-refractivity contribution in [3.63, 3.8) is 0 Å². The van der Waals surface area contributed by atoms with Gasteiger partial charge in [0.15, 0.2) is 0 Å². The molecule has 0 aromatic heterocycles. The van der Waals surface area contributed by atoms with Gasteiger partial charge in [-0.15, -0.1) is 0 Å². The predicted molar refractivity (Wildman–Crippen MR) is 55.6 cm³/mol. The predicted octanol–water partition coefficient (Wildman–Crippen LogP) is 0.133. The Morgan fingerprint density at radius 2 is 0.760 bits per heavy atom. The first-order valence-electron chi connectivity index (χ1n) is 3.87. The summed E-state index contributed by atoms with van der Waals surface area (Å²) < 4.78 is 73.5. The summed E-state index contributed by atoms with van der Waals surface area (Å²) in [5.74, 6) is 0. The fourth-order valence-electron chi connectivity index (χ4n) is 0.466. The van der Waals surface area contributed by atoms with Gasteiger partial charge in [0.1, 0.15) is 0 Å². The molecule has 132 valence electrons. The van der Waals surface area contributed by atoms with Crippen LogP contribution in [0.5, 0.6) is 0 Å². The maximum atomic E-state index is 7.50. The van der Waals surface area contributed by atoms with E-state index in [9.17, 15) is 0 Å². The van der Waals surface area contributed by atoms with Crippen molar-refractivity contribution in [3.05, 3.63) is 59.9 Å². The second-order valence-electron chi connectivity index (χ2n) is 1.31. The molecule has 1 fully saturated rings. The summed E-state index contributed by atoms with van der Waals surface area (Å²) in [5.41, 5.74) is 0. The molecule has 0 N–H and O–H groups in total. The van der Waals surface area contributed by atoms with E-state index >= 15 is 0 Å². The molecular formula is C13H6Mn2O10. The van der Waals surface area contributed by atoms with E-state index in [-0.39, 0.29) is 17.1 Å². The zero-order valence-electron chi connectivity index (χ0n) is 12.0. The van der Waals surface area contributed by atoms with Crippen molar-refractivity contribution in [2.24, 2.45) is 0 Å². The van der Waals surface area contributed by atoms with Crippen LogP contribution in [0.2, 0.25) is 0 Å². The Morgan fingerprint density at radius 1 is 0.560 bits per heavy atom. The third-order valence-corrected chi connectivity index (χ3v) is 1.24. The first kappa shape index (κ1) is 65.2. The molecule has 0 atom stereocenters. The van der Waals surface area contributed by atoms with Crippen molar-refractivity contribution < 1.29 is 79.3 Å². The summed E-state index contributed by atoms with van der Waals surface area (Å²) in [7, 11) is 0. The minimum atomic E-state index is 0. The zero-order chi connectivity index (χ0) is 22.4. The summed E-state index contributed by atoms with van der Waals surface area (Å²) in [5, 5.41) is 0. The molecule has 1 saturated heterocycles. The molecule has 0 unspecified atom stereocenters. The van der Waals surface area contributed by atoms with Gasteiger partial charge in [-0.1, -0.05) is 0 Å². The van der Waals surface area contributed by atoms with Crippen LogP contribution in [-0.2, 0) is 79.3 Å². The van der Waals surface area contributed by atoms with Gasteiger partial charge in [0.05, 0.1) is 0 Å². The summed E-state index contributed by atoms with van der Waals surface area (Å²) >= 11 is 3.23. The number of hydrogen-bond donors (Lipinski definition) is 0. The van der Waals surface area contributed by atoms with Crippen molar-refractivity contribution in [2.45, 2.75) is 12.8 Å². The fraction of sp³-hybridized carbons (Fsp3) is 0.231. The van der Waals surface area contributed by atoms with E-state index in [1.54, 1.807) is 0 Å². The van der Waals surface area contributed by atoms with E-state index in [2.05, 4.69) is 75.4 Å². The van der Waals surface area contributed by atoms with Gasteiger partial charge >= 0.3 is 146 Å². The molecule has 0 amide bonds. The number of ether oxygens (including phenoxy) is 1. The monoisotopic (exact) mass is 432 g/mol. The molecule has 1 rings (SSSR count). The Hall–Kier alpha value is -1.47. The first-order chi connectivity index (χ1) is 11.9. The topological polar surface area (TPSA) is 188 Å². The fourth-order valence-corrected chi connectivity index (χ4v) is 0.795. The molecular weight excluding hydrogens is 426 g/mol. The normalized spacial score (nSPS) is 6.08. The van der Waals surface area contributed by atoms with Gasteiger partial charge in [0.25, 0.3) is 0 Å². The first-order valence-corrected chi connectivity index (χ1v) is 4.46.